The van der Waals surface area contributed by atoms with Crippen LogP contribution in [0.2, 0.25) is 0 Å². The topological polar surface area (TPSA) is 118 Å². The number of piperidine rings is 1. The summed E-state index contributed by atoms with van der Waals surface area (Å²) in [5, 5.41) is 6.52. The van der Waals surface area contributed by atoms with Crippen LogP contribution < -0.4 is 20.1 Å². The molecule has 1 saturated heterocycles. The monoisotopic (exact) mass is 552 g/mol. The van der Waals surface area contributed by atoms with E-state index in [9.17, 15) is 12.8 Å². The minimum atomic E-state index is -3.59. The molecule has 5 rings (SSSR count). The van der Waals surface area contributed by atoms with Crippen molar-refractivity contribution in [3.05, 3.63) is 41.2 Å². The molecule has 4 atom stereocenters. The molecule has 2 aromatic heterocycles. The van der Waals surface area contributed by atoms with Crippen molar-refractivity contribution in [3.8, 4) is 16.5 Å². The molecular formula is C24H30F2N6O3S2. The van der Waals surface area contributed by atoms with E-state index in [0.717, 1.165) is 5.01 Å². The number of ether oxygens (including phenoxy) is 1. The molecule has 0 spiro atoms. The molecule has 1 aliphatic heterocycles. The molecule has 0 radical (unpaired) electrons. The van der Waals surface area contributed by atoms with Crippen LogP contribution in [0.1, 0.15) is 37.1 Å². The fourth-order valence-electron chi connectivity index (χ4n) is 4.56. The Balaban J connectivity index is 1.32. The summed E-state index contributed by atoms with van der Waals surface area (Å²) in [7, 11) is -3.59. The number of sulfonamides is 1. The van der Waals surface area contributed by atoms with Crippen molar-refractivity contribution in [1.82, 2.24) is 25.0 Å². The molecule has 3 aliphatic rings. The van der Waals surface area contributed by atoms with Gasteiger partial charge in [0.25, 0.3) is 0 Å². The molecule has 0 amide bonds. The van der Waals surface area contributed by atoms with E-state index in [2.05, 4.69) is 36.9 Å². The summed E-state index contributed by atoms with van der Waals surface area (Å²) in [6.45, 7) is 6.56. The van der Waals surface area contributed by atoms with E-state index in [1.165, 1.54) is 17.4 Å². The molecule has 13 heteroatoms. The maximum atomic E-state index is 15.2. The molecule has 2 unspecified atom stereocenters. The first-order valence-corrected chi connectivity index (χ1v) is 14.7. The molecule has 9 nitrogen and oxygen atoms in total. The molecule has 0 aromatic carbocycles. The Kier molecular flexibility index (Phi) is 7.46. The van der Waals surface area contributed by atoms with E-state index in [1.807, 2.05) is 6.92 Å². The second-order valence-corrected chi connectivity index (χ2v) is 12.8. The summed E-state index contributed by atoms with van der Waals surface area (Å²) in [5.41, 5.74) is 1.11. The number of nitrogens with zero attached hydrogens (tertiary/aromatic N) is 3. The van der Waals surface area contributed by atoms with Gasteiger partial charge in [-0.3, -0.25) is 4.72 Å². The van der Waals surface area contributed by atoms with Gasteiger partial charge in [-0.25, -0.2) is 32.2 Å². The van der Waals surface area contributed by atoms with Crippen molar-refractivity contribution >= 4 is 27.3 Å². The highest BCUT2D eigenvalue weighted by atomic mass is 32.2. The van der Waals surface area contributed by atoms with Gasteiger partial charge in [0.1, 0.15) is 23.3 Å². The van der Waals surface area contributed by atoms with Crippen LogP contribution >= 0.6 is 11.3 Å². The SMILES string of the molecule is C=CC1=C(NS(=O)(=O)C2CC2)C(F)CC(Oc2nc(C)sc2-c2ccnc(N[C@@H]3CNC[C@@H](F)C3)n2)C1. The van der Waals surface area contributed by atoms with Gasteiger partial charge in [-0.1, -0.05) is 12.7 Å². The molecule has 1 saturated carbocycles. The Labute approximate surface area is 218 Å². The number of aromatic nitrogens is 3. The van der Waals surface area contributed by atoms with Crippen LogP contribution in [0, 0.1) is 6.92 Å². The largest absolute Gasteiger partial charge is 0.473 e. The highest BCUT2D eigenvalue weighted by Crippen LogP contribution is 2.38. The highest BCUT2D eigenvalue weighted by molar-refractivity contribution is 7.90. The molecule has 37 heavy (non-hydrogen) atoms. The van der Waals surface area contributed by atoms with E-state index < -0.39 is 33.7 Å². The number of thiazole rings is 1. The molecule has 2 aliphatic carbocycles. The normalized spacial score (nSPS) is 26.6. The van der Waals surface area contributed by atoms with Crippen molar-refractivity contribution in [2.24, 2.45) is 0 Å². The Morgan fingerprint density at radius 1 is 1.24 bits per heavy atom. The average molecular weight is 553 g/mol. The first-order chi connectivity index (χ1) is 17.7. The average Bonchev–Trinajstić information content (AvgIpc) is 3.65. The predicted molar refractivity (Wildman–Crippen MR) is 139 cm³/mol. The van der Waals surface area contributed by atoms with Crippen LogP contribution in [0.25, 0.3) is 10.6 Å². The third kappa shape index (κ3) is 6.10. The van der Waals surface area contributed by atoms with Crippen molar-refractivity contribution in [2.45, 2.75) is 68.8 Å². The lowest BCUT2D eigenvalue weighted by atomic mass is 9.92. The lowest BCUT2D eigenvalue weighted by molar-refractivity contribution is 0.142. The quantitative estimate of drug-likeness (QED) is 0.433. The third-order valence-electron chi connectivity index (χ3n) is 6.54. The zero-order chi connectivity index (χ0) is 26.2. The van der Waals surface area contributed by atoms with Gasteiger partial charge in [0, 0.05) is 44.6 Å². The molecule has 2 aromatic rings. The van der Waals surface area contributed by atoms with E-state index >= 15 is 4.39 Å². The smallest absolute Gasteiger partial charge is 0.235 e. The van der Waals surface area contributed by atoms with Gasteiger partial charge in [-0.2, -0.15) is 0 Å². The van der Waals surface area contributed by atoms with Crippen molar-refractivity contribution in [2.75, 3.05) is 18.4 Å². The second-order valence-electron chi connectivity index (χ2n) is 9.60. The molecule has 3 N–H and O–H groups in total. The standard InChI is InChI=1S/C24H30F2N6O3S2/c1-3-14-8-17(10-19(26)21(14)32-37(33,34)18-4-5-18)35-23-22(36-13(2)29-23)20-6-7-28-24(31-20)30-16-9-15(25)11-27-12-16/h3,6-7,15-19,27,32H,1,4-5,8-12H2,2H3,(H,28,30,31)/t15-,16-,17?,19?/m0/s1. The summed E-state index contributed by atoms with van der Waals surface area (Å²) in [6, 6.07) is 1.61. The van der Waals surface area contributed by atoms with Crippen molar-refractivity contribution in [1.29, 1.82) is 0 Å². The summed E-state index contributed by atoms with van der Waals surface area (Å²) < 4.78 is 62.3. The summed E-state index contributed by atoms with van der Waals surface area (Å²) in [5.74, 6) is 0.708. The number of allylic oxidation sites excluding steroid dienone is 2. The maximum Gasteiger partial charge on any atom is 0.235 e. The van der Waals surface area contributed by atoms with E-state index in [-0.39, 0.29) is 24.6 Å². The number of alkyl halides is 2. The lowest BCUT2D eigenvalue weighted by Crippen LogP contribution is -2.44. The Morgan fingerprint density at radius 3 is 2.78 bits per heavy atom. The van der Waals surface area contributed by atoms with Crippen molar-refractivity contribution < 1.29 is 21.9 Å². The van der Waals surface area contributed by atoms with Gasteiger partial charge in [0.05, 0.1) is 21.6 Å². The van der Waals surface area contributed by atoms with Crippen LogP contribution in [0.4, 0.5) is 14.7 Å². The van der Waals surface area contributed by atoms with Crippen molar-refractivity contribution in [3.63, 3.8) is 0 Å². The lowest BCUT2D eigenvalue weighted by Gasteiger charge is -2.29. The van der Waals surface area contributed by atoms with Crippen LogP contribution in [0.15, 0.2) is 36.2 Å². The number of aryl methyl sites for hydroxylation is 1. The van der Waals surface area contributed by atoms with Crippen LogP contribution in [0.3, 0.4) is 0 Å². The zero-order valence-electron chi connectivity index (χ0n) is 20.4. The van der Waals surface area contributed by atoms with Gasteiger partial charge in [0.2, 0.25) is 21.9 Å². The number of halogens is 2. The van der Waals surface area contributed by atoms with E-state index in [0.29, 0.717) is 60.3 Å². The minimum Gasteiger partial charge on any atom is -0.473 e. The fourth-order valence-corrected chi connectivity index (χ4v) is 6.87. The van der Waals surface area contributed by atoms with E-state index in [1.54, 1.807) is 12.3 Å². The minimum absolute atomic E-state index is 0.0223. The first-order valence-electron chi connectivity index (χ1n) is 12.3. The number of anilines is 1. The zero-order valence-corrected chi connectivity index (χ0v) is 22.0. The number of nitrogens with one attached hydrogen (secondary N) is 3. The Bertz CT molecular complexity index is 1300. The maximum absolute atomic E-state index is 15.2. The Morgan fingerprint density at radius 2 is 2.05 bits per heavy atom. The molecule has 200 valence electrons. The number of rotatable bonds is 9. The summed E-state index contributed by atoms with van der Waals surface area (Å²) in [6.07, 6.45) is 1.89. The molecular weight excluding hydrogens is 522 g/mol. The predicted octanol–water partition coefficient (Wildman–Crippen LogP) is 3.42. The summed E-state index contributed by atoms with van der Waals surface area (Å²) in [4.78, 5) is 14.0. The van der Waals surface area contributed by atoms with Gasteiger partial charge >= 0.3 is 0 Å². The van der Waals surface area contributed by atoms with E-state index in [4.69, 9.17) is 4.74 Å². The number of hydrogen-bond donors (Lipinski definition) is 3. The molecule has 0 bridgehead atoms. The number of hydrogen-bond acceptors (Lipinski definition) is 9. The van der Waals surface area contributed by atoms with Crippen LogP contribution in [-0.2, 0) is 10.0 Å². The fraction of sp³-hybridized carbons (Fsp3) is 0.542. The van der Waals surface area contributed by atoms with Crippen LogP contribution in [-0.4, -0.2) is 66.2 Å². The van der Waals surface area contributed by atoms with Gasteiger partial charge in [0.15, 0.2) is 0 Å². The van der Waals surface area contributed by atoms with Gasteiger partial charge in [-0.15, -0.1) is 11.3 Å². The second kappa shape index (κ2) is 10.6. The highest BCUT2D eigenvalue weighted by Gasteiger charge is 2.39. The summed E-state index contributed by atoms with van der Waals surface area (Å²) >= 11 is 1.39. The third-order valence-corrected chi connectivity index (χ3v) is 9.37. The van der Waals surface area contributed by atoms with Gasteiger partial charge in [-0.05, 0) is 31.4 Å². The van der Waals surface area contributed by atoms with Crippen LogP contribution in [0.5, 0.6) is 5.88 Å². The molecule has 2 fully saturated rings. The van der Waals surface area contributed by atoms with Gasteiger partial charge < -0.3 is 15.4 Å². The first kappa shape index (κ1) is 26.0. The molecule has 3 heterocycles. The Hall–Kier alpha value is -2.64.